The van der Waals surface area contributed by atoms with Gasteiger partial charge in [0.05, 0.1) is 5.54 Å². The van der Waals surface area contributed by atoms with Crippen molar-refractivity contribution in [3.05, 3.63) is 22.8 Å². The molecule has 1 fully saturated rings. The molecule has 1 nitrogen and oxygen atoms in total. The molecular formula is C19H25N. The average Bonchev–Trinajstić information content (AvgIpc) is 2.53. The summed E-state index contributed by atoms with van der Waals surface area (Å²) in [7, 11) is 0. The van der Waals surface area contributed by atoms with Gasteiger partial charge in [-0.2, -0.15) is 0 Å². The molecular weight excluding hydrogens is 242 g/mol. The van der Waals surface area contributed by atoms with Crippen LogP contribution in [0.1, 0.15) is 58.8 Å². The largest absolute Gasteiger partial charge is 0.320 e. The number of allylic oxidation sites excluding steroid dienone is 3. The van der Waals surface area contributed by atoms with Gasteiger partial charge >= 0.3 is 0 Å². The second-order valence-corrected chi connectivity index (χ2v) is 8.00. The maximum absolute atomic E-state index is 7.03. The SMILES string of the molecule is CC1(C)CC2=C3C=C(C#CC2CC3)C1(N)CC1CCC1. The summed E-state index contributed by atoms with van der Waals surface area (Å²) >= 11 is 0. The minimum atomic E-state index is -0.222. The van der Waals surface area contributed by atoms with Crippen molar-refractivity contribution in [2.75, 3.05) is 0 Å². The molecule has 0 aromatic heterocycles. The van der Waals surface area contributed by atoms with Gasteiger partial charge in [-0.25, -0.2) is 0 Å². The number of hydrogen-bond acceptors (Lipinski definition) is 1. The Balaban J connectivity index is 1.80. The van der Waals surface area contributed by atoms with Crippen LogP contribution in [0.5, 0.6) is 0 Å². The predicted octanol–water partition coefficient (Wildman–Crippen LogP) is 3.95. The summed E-state index contributed by atoms with van der Waals surface area (Å²) in [6.45, 7) is 4.75. The van der Waals surface area contributed by atoms with E-state index in [0.717, 1.165) is 18.8 Å². The lowest BCUT2D eigenvalue weighted by molar-refractivity contribution is 0.135. The molecule has 2 atom stereocenters. The van der Waals surface area contributed by atoms with Crippen LogP contribution in [0.4, 0.5) is 0 Å². The van der Waals surface area contributed by atoms with Gasteiger partial charge in [-0.15, -0.1) is 0 Å². The first-order valence-corrected chi connectivity index (χ1v) is 8.24. The van der Waals surface area contributed by atoms with Crippen molar-refractivity contribution in [2.24, 2.45) is 23.0 Å². The van der Waals surface area contributed by atoms with E-state index in [9.17, 15) is 0 Å². The van der Waals surface area contributed by atoms with E-state index < -0.39 is 0 Å². The van der Waals surface area contributed by atoms with E-state index in [-0.39, 0.29) is 11.0 Å². The maximum Gasteiger partial charge on any atom is 0.0546 e. The van der Waals surface area contributed by atoms with Crippen molar-refractivity contribution in [1.29, 1.82) is 0 Å². The fraction of sp³-hybridized carbons (Fsp3) is 0.684. The second-order valence-electron chi connectivity index (χ2n) is 8.00. The Kier molecular flexibility index (Phi) is 2.55. The third-order valence-corrected chi connectivity index (χ3v) is 6.39. The van der Waals surface area contributed by atoms with Gasteiger partial charge in [0.2, 0.25) is 0 Å². The molecule has 0 heterocycles. The summed E-state index contributed by atoms with van der Waals surface area (Å²) < 4.78 is 0. The quantitative estimate of drug-likeness (QED) is 0.753. The molecule has 4 aliphatic rings. The molecule has 2 unspecified atom stereocenters. The van der Waals surface area contributed by atoms with Crippen LogP contribution in [0.2, 0.25) is 0 Å². The zero-order valence-corrected chi connectivity index (χ0v) is 12.8. The van der Waals surface area contributed by atoms with Crippen molar-refractivity contribution in [3.8, 4) is 11.8 Å². The number of hydrogen-bond donors (Lipinski definition) is 1. The monoisotopic (exact) mass is 267 g/mol. The smallest absolute Gasteiger partial charge is 0.0546 e. The summed E-state index contributed by atoms with van der Waals surface area (Å²) in [5.74, 6) is 8.36. The van der Waals surface area contributed by atoms with E-state index in [4.69, 9.17) is 5.73 Å². The third kappa shape index (κ3) is 1.61. The summed E-state index contributed by atoms with van der Waals surface area (Å²) in [5.41, 5.74) is 11.3. The lowest BCUT2D eigenvalue weighted by atomic mass is 9.60. The minimum absolute atomic E-state index is 0.128. The summed E-state index contributed by atoms with van der Waals surface area (Å²) in [4.78, 5) is 0. The fourth-order valence-corrected chi connectivity index (χ4v) is 4.57. The molecule has 4 aliphatic carbocycles. The molecule has 0 aromatic carbocycles. The molecule has 0 spiro atoms. The third-order valence-electron chi connectivity index (χ3n) is 6.39. The molecule has 4 rings (SSSR count). The highest BCUT2D eigenvalue weighted by Gasteiger charge is 2.50. The maximum atomic E-state index is 7.03. The van der Waals surface area contributed by atoms with Gasteiger partial charge in [0, 0.05) is 11.5 Å². The molecule has 0 saturated heterocycles. The standard InChI is InChI=1S/C19H25N/c1-18(2)12-17-14-6-7-15(17)10-16(9-8-14)19(18,20)11-13-4-3-5-13/h10,13-14H,3-7,11-12,20H2,1-2H3. The average molecular weight is 267 g/mol. The van der Waals surface area contributed by atoms with Crippen molar-refractivity contribution in [1.82, 2.24) is 0 Å². The van der Waals surface area contributed by atoms with Crippen LogP contribution < -0.4 is 5.73 Å². The van der Waals surface area contributed by atoms with Crippen LogP contribution in [0, 0.1) is 29.1 Å². The number of nitrogens with two attached hydrogens (primary N) is 1. The number of rotatable bonds is 2. The molecule has 1 heteroatoms. The zero-order chi connectivity index (χ0) is 14.0. The highest BCUT2D eigenvalue weighted by atomic mass is 14.8. The Morgan fingerprint density at radius 2 is 2.10 bits per heavy atom. The molecule has 0 amide bonds. The van der Waals surface area contributed by atoms with Crippen molar-refractivity contribution in [3.63, 3.8) is 0 Å². The van der Waals surface area contributed by atoms with E-state index in [0.29, 0.717) is 5.92 Å². The van der Waals surface area contributed by atoms with Crippen LogP contribution in [-0.2, 0) is 0 Å². The summed E-state index contributed by atoms with van der Waals surface area (Å²) in [6.07, 6.45) is 11.2. The highest BCUT2D eigenvalue weighted by Crippen LogP contribution is 2.53. The van der Waals surface area contributed by atoms with E-state index in [2.05, 4.69) is 31.8 Å². The minimum Gasteiger partial charge on any atom is -0.320 e. The van der Waals surface area contributed by atoms with Crippen LogP contribution in [-0.4, -0.2) is 5.54 Å². The van der Waals surface area contributed by atoms with Crippen molar-refractivity contribution >= 4 is 0 Å². The lowest BCUT2D eigenvalue weighted by Gasteiger charge is -2.48. The molecule has 4 bridgehead atoms. The van der Waals surface area contributed by atoms with Gasteiger partial charge in [0.1, 0.15) is 0 Å². The Morgan fingerprint density at radius 1 is 1.30 bits per heavy atom. The van der Waals surface area contributed by atoms with E-state index in [1.165, 1.54) is 37.7 Å². The summed E-state index contributed by atoms with van der Waals surface area (Å²) in [6, 6.07) is 0. The molecule has 0 aromatic rings. The first kappa shape index (κ1) is 12.7. The lowest BCUT2D eigenvalue weighted by Crippen LogP contribution is -2.56. The van der Waals surface area contributed by atoms with Crippen LogP contribution in [0.25, 0.3) is 0 Å². The molecule has 0 aliphatic heterocycles. The molecule has 20 heavy (non-hydrogen) atoms. The van der Waals surface area contributed by atoms with Gasteiger partial charge in [0.15, 0.2) is 0 Å². The highest BCUT2D eigenvalue weighted by molar-refractivity contribution is 5.55. The second kappa shape index (κ2) is 4.01. The fourth-order valence-electron chi connectivity index (χ4n) is 4.57. The van der Waals surface area contributed by atoms with Gasteiger partial charge in [-0.05, 0) is 48.7 Å². The Morgan fingerprint density at radius 3 is 2.80 bits per heavy atom. The topological polar surface area (TPSA) is 26.0 Å². The Hall–Kier alpha value is -1.00. The van der Waals surface area contributed by atoms with Gasteiger partial charge < -0.3 is 5.73 Å². The first-order chi connectivity index (χ1) is 9.49. The first-order valence-electron chi connectivity index (χ1n) is 8.24. The van der Waals surface area contributed by atoms with Crippen molar-refractivity contribution < 1.29 is 0 Å². The van der Waals surface area contributed by atoms with Gasteiger partial charge in [0.25, 0.3) is 0 Å². The Bertz CT molecular complexity index is 577. The van der Waals surface area contributed by atoms with Crippen LogP contribution in [0.3, 0.4) is 0 Å². The van der Waals surface area contributed by atoms with Gasteiger partial charge in [-0.3, -0.25) is 0 Å². The molecule has 1 saturated carbocycles. The predicted molar refractivity (Wildman–Crippen MR) is 82.9 cm³/mol. The van der Waals surface area contributed by atoms with E-state index in [1.54, 1.807) is 11.1 Å². The molecule has 2 N–H and O–H groups in total. The molecule has 0 radical (unpaired) electrons. The van der Waals surface area contributed by atoms with Gasteiger partial charge in [-0.1, -0.05) is 50.5 Å². The Labute approximate surface area is 122 Å². The van der Waals surface area contributed by atoms with Crippen molar-refractivity contribution in [2.45, 2.75) is 64.3 Å². The van der Waals surface area contributed by atoms with Crippen LogP contribution in [0.15, 0.2) is 22.8 Å². The molecule has 106 valence electrons. The van der Waals surface area contributed by atoms with E-state index >= 15 is 0 Å². The van der Waals surface area contributed by atoms with Crippen LogP contribution >= 0.6 is 0 Å². The van der Waals surface area contributed by atoms with E-state index in [1.807, 2.05) is 0 Å². The zero-order valence-electron chi connectivity index (χ0n) is 12.8. The normalized spacial score (nSPS) is 37.8. The summed E-state index contributed by atoms with van der Waals surface area (Å²) in [5, 5.41) is 0.